The van der Waals surface area contributed by atoms with Crippen molar-refractivity contribution in [2.24, 2.45) is 0 Å². The molecule has 0 bridgehead atoms. The lowest BCUT2D eigenvalue weighted by Crippen LogP contribution is -2.33. The molecule has 1 aromatic carbocycles. The minimum atomic E-state index is -0.793. The van der Waals surface area contributed by atoms with E-state index in [1.165, 1.54) is 13.0 Å². The molecule has 8 nitrogen and oxygen atoms in total. The van der Waals surface area contributed by atoms with E-state index in [-0.39, 0.29) is 24.6 Å². The van der Waals surface area contributed by atoms with Gasteiger partial charge in [-0.1, -0.05) is 6.07 Å². The summed E-state index contributed by atoms with van der Waals surface area (Å²) in [5.41, 5.74) is 2.14. The van der Waals surface area contributed by atoms with Crippen molar-refractivity contribution in [1.82, 2.24) is 10.2 Å². The van der Waals surface area contributed by atoms with Crippen molar-refractivity contribution in [3.8, 4) is 0 Å². The van der Waals surface area contributed by atoms with Crippen molar-refractivity contribution in [1.29, 1.82) is 0 Å². The van der Waals surface area contributed by atoms with Crippen LogP contribution in [0.3, 0.4) is 0 Å². The molecular formula is C17H23N3O5. The summed E-state index contributed by atoms with van der Waals surface area (Å²) >= 11 is 0. The van der Waals surface area contributed by atoms with E-state index in [1.54, 1.807) is 13.0 Å². The van der Waals surface area contributed by atoms with Crippen LogP contribution in [0.2, 0.25) is 0 Å². The number of amides is 1. The van der Waals surface area contributed by atoms with Crippen LogP contribution in [0.5, 0.6) is 0 Å². The summed E-state index contributed by atoms with van der Waals surface area (Å²) in [6, 6.07) is 2.43. The number of rotatable bonds is 6. The molecule has 2 rings (SSSR count). The van der Waals surface area contributed by atoms with Crippen LogP contribution in [-0.4, -0.2) is 41.9 Å². The lowest BCUT2D eigenvalue weighted by atomic mass is 9.88. The maximum Gasteiger partial charge on any atom is 0.308 e. The Morgan fingerprint density at radius 1 is 1.44 bits per heavy atom. The minimum absolute atomic E-state index is 0.0860. The van der Waals surface area contributed by atoms with Crippen LogP contribution in [0.4, 0.5) is 5.69 Å². The molecule has 1 amide bonds. The van der Waals surface area contributed by atoms with Gasteiger partial charge in [0.2, 0.25) is 5.91 Å². The molecule has 0 radical (unpaired) electrons. The van der Waals surface area contributed by atoms with Gasteiger partial charge in [0.25, 0.3) is 5.69 Å². The number of nitro groups is 1. The molecular weight excluding hydrogens is 326 g/mol. The number of ether oxygens (including phenoxy) is 1. The Balaban J connectivity index is 2.54. The van der Waals surface area contributed by atoms with E-state index >= 15 is 0 Å². The highest BCUT2D eigenvalue weighted by atomic mass is 16.6. The first-order valence-corrected chi connectivity index (χ1v) is 8.23. The van der Waals surface area contributed by atoms with Crippen molar-refractivity contribution in [3.05, 3.63) is 38.9 Å². The molecule has 0 spiro atoms. The Morgan fingerprint density at radius 3 is 2.76 bits per heavy atom. The Labute approximate surface area is 146 Å². The van der Waals surface area contributed by atoms with Gasteiger partial charge in [-0.15, -0.1) is 0 Å². The number of esters is 1. The Morgan fingerprint density at radius 2 is 2.16 bits per heavy atom. The molecule has 1 aromatic rings. The van der Waals surface area contributed by atoms with Crippen molar-refractivity contribution in [2.75, 3.05) is 20.2 Å². The third-order valence-corrected chi connectivity index (χ3v) is 4.22. The van der Waals surface area contributed by atoms with Gasteiger partial charge in [-0.25, -0.2) is 0 Å². The molecule has 8 heteroatoms. The van der Waals surface area contributed by atoms with Crippen LogP contribution >= 0.6 is 0 Å². The quantitative estimate of drug-likeness (QED) is 0.476. The fourth-order valence-corrected chi connectivity index (χ4v) is 3.18. The number of fused-ring (bicyclic) bond motifs is 1. The summed E-state index contributed by atoms with van der Waals surface area (Å²) in [5.74, 6) is -0.859. The second-order valence-corrected chi connectivity index (χ2v) is 6.14. The van der Waals surface area contributed by atoms with Crippen molar-refractivity contribution < 1.29 is 19.2 Å². The van der Waals surface area contributed by atoms with Crippen molar-refractivity contribution in [2.45, 2.75) is 39.3 Å². The maximum atomic E-state index is 12.0. The molecule has 0 fully saturated rings. The first kappa shape index (κ1) is 18.9. The third-order valence-electron chi connectivity index (χ3n) is 4.22. The number of carbonyl (C=O) groups excluding carboxylic acids is 2. The lowest BCUT2D eigenvalue weighted by molar-refractivity contribution is -0.385. The predicted molar refractivity (Wildman–Crippen MR) is 90.9 cm³/mol. The zero-order valence-electron chi connectivity index (χ0n) is 14.7. The van der Waals surface area contributed by atoms with Gasteiger partial charge in [0, 0.05) is 26.1 Å². The van der Waals surface area contributed by atoms with E-state index < -0.39 is 16.9 Å². The van der Waals surface area contributed by atoms with Crippen LogP contribution < -0.4 is 5.32 Å². The second kappa shape index (κ2) is 8.06. The number of likely N-dealkylation sites (N-methyl/N-ethyl adjacent to an activating group) is 1. The zero-order valence-corrected chi connectivity index (χ0v) is 14.7. The number of nitrogens with zero attached hydrogens (tertiary/aromatic N) is 2. The Hall–Kier alpha value is -2.48. The zero-order chi connectivity index (χ0) is 18.6. The molecule has 0 aliphatic carbocycles. The van der Waals surface area contributed by atoms with Gasteiger partial charge in [0.05, 0.1) is 29.6 Å². The fraction of sp³-hybridized carbons (Fsp3) is 0.529. The van der Waals surface area contributed by atoms with Crippen LogP contribution in [0.15, 0.2) is 12.1 Å². The standard InChI is InChI=1S/C17H23N3O5/c1-4-25-16(22)9-14(18-11(2)21)17-13-10-19(3)8-7-12(13)5-6-15(17)20(23)24/h5-6,14H,4,7-10H2,1-3H3,(H,18,21). The molecule has 1 unspecified atom stereocenters. The van der Waals surface area contributed by atoms with Crippen molar-refractivity contribution >= 4 is 17.6 Å². The number of hydrogen-bond donors (Lipinski definition) is 1. The largest absolute Gasteiger partial charge is 0.466 e. The highest BCUT2D eigenvalue weighted by Crippen LogP contribution is 2.35. The van der Waals surface area contributed by atoms with E-state index in [0.717, 1.165) is 24.1 Å². The molecule has 136 valence electrons. The Bertz CT molecular complexity index is 689. The summed E-state index contributed by atoms with van der Waals surface area (Å²) in [5, 5.41) is 14.2. The number of benzene rings is 1. The first-order chi connectivity index (χ1) is 11.8. The normalized spacial score (nSPS) is 15.2. The van der Waals surface area contributed by atoms with E-state index in [9.17, 15) is 19.7 Å². The third kappa shape index (κ3) is 4.54. The molecule has 1 aliphatic rings. The number of hydrogen-bond acceptors (Lipinski definition) is 6. The molecule has 0 saturated carbocycles. The summed E-state index contributed by atoms with van der Waals surface area (Å²) < 4.78 is 4.97. The average molecular weight is 349 g/mol. The lowest BCUT2D eigenvalue weighted by Gasteiger charge is -2.29. The van der Waals surface area contributed by atoms with Crippen LogP contribution in [0.25, 0.3) is 0 Å². The molecule has 0 aromatic heterocycles. The first-order valence-electron chi connectivity index (χ1n) is 8.23. The van der Waals surface area contributed by atoms with Crippen LogP contribution in [-0.2, 0) is 27.3 Å². The number of carbonyl (C=O) groups is 2. The van der Waals surface area contributed by atoms with Crippen molar-refractivity contribution in [3.63, 3.8) is 0 Å². The molecule has 1 aliphatic heterocycles. The summed E-state index contributed by atoms with van der Waals surface area (Å²) in [7, 11) is 1.93. The van der Waals surface area contributed by atoms with Gasteiger partial charge in [-0.3, -0.25) is 19.7 Å². The summed E-state index contributed by atoms with van der Waals surface area (Å²) in [6.45, 7) is 4.61. The average Bonchev–Trinajstić information content (AvgIpc) is 2.52. The molecule has 1 atom stereocenters. The topological polar surface area (TPSA) is 102 Å². The van der Waals surface area contributed by atoms with E-state index in [0.29, 0.717) is 12.1 Å². The second-order valence-electron chi connectivity index (χ2n) is 6.14. The molecule has 25 heavy (non-hydrogen) atoms. The van der Waals surface area contributed by atoms with E-state index in [2.05, 4.69) is 10.2 Å². The summed E-state index contributed by atoms with van der Waals surface area (Å²) in [6.07, 6.45) is 0.622. The fourth-order valence-electron chi connectivity index (χ4n) is 3.18. The predicted octanol–water partition coefficient (Wildman–Crippen LogP) is 1.71. The Kier molecular flexibility index (Phi) is 6.08. The smallest absolute Gasteiger partial charge is 0.308 e. The highest BCUT2D eigenvalue weighted by molar-refractivity contribution is 5.77. The van der Waals surface area contributed by atoms with Crippen LogP contribution in [0.1, 0.15) is 43.0 Å². The van der Waals surface area contributed by atoms with E-state index in [1.807, 2.05) is 7.05 Å². The maximum absolute atomic E-state index is 12.0. The van der Waals surface area contributed by atoms with Gasteiger partial charge in [-0.05, 0) is 31.5 Å². The van der Waals surface area contributed by atoms with Gasteiger partial charge >= 0.3 is 5.97 Å². The summed E-state index contributed by atoms with van der Waals surface area (Å²) in [4.78, 5) is 36.8. The van der Waals surface area contributed by atoms with E-state index in [4.69, 9.17) is 4.74 Å². The molecule has 1 N–H and O–H groups in total. The number of nitrogens with one attached hydrogen (secondary N) is 1. The van der Waals surface area contributed by atoms with Gasteiger partial charge < -0.3 is 15.0 Å². The SMILES string of the molecule is CCOC(=O)CC(NC(C)=O)c1c([N+](=O)[O-])ccc2c1CN(C)CC2. The van der Waals surface area contributed by atoms with Gasteiger partial charge in [0.15, 0.2) is 0 Å². The van der Waals surface area contributed by atoms with Gasteiger partial charge in [-0.2, -0.15) is 0 Å². The van der Waals surface area contributed by atoms with Crippen LogP contribution in [0, 0.1) is 10.1 Å². The van der Waals surface area contributed by atoms with Gasteiger partial charge in [0.1, 0.15) is 0 Å². The molecule has 1 heterocycles. The monoisotopic (exact) mass is 349 g/mol. The highest BCUT2D eigenvalue weighted by Gasteiger charge is 2.31. The number of nitro benzene ring substituents is 1. The molecule has 0 saturated heterocycles. The minimum Gasteiger partial charge on any atom is -0.466 e.